The van der Waals surface area contributed by atoms with Crippen LogP contribution in [0.3, 0.4) is 0 Å². The number of hydrogen-bond acceptors (Lipinski definition) is 7. The highest BCUT2D eigenvalue weighted by molar-refractivity contribution is 5.83. The molecule has 182 valence electrons. The van der Waals surface area contributed by atoms with Crippen molar-refractivity contribution >= 4 is 29.2 Å². The van der Waals surface area contributed by atoms with Crippen molar-refractivity contribution in [1.82, 2.24) is 14.9 Å². The number of aromatic nitrogens is 2. The standard InChI is InChI=1S/C27H29N3O5/c1-6-17-10-9-11-18(14-17)23-24(29-21-13-8-7-12-20(21)28-23)34-19-15-22(25(31)33-5)30(16-19)26(32)35-27(2,3)4/h6-14,19,22H,1,15-16H2,2-5H3/t19-,22+/m1/s1. The van der Waals surface area contributed by atoms with Gasteiger partial charge in [-0.1, -0.05) is 43.0 Å². The zero-order valence-corrected chi connectivity index (χ0v) is 20.4. The Morgan fingerprint density at radius 1 is 1.09 bits per heavy atom. The number of methoxy groups -OCH3 is 1. The van der Waals surface area contributed by atoms with E-state index >= 15 is 0 Å². The average Bonchev–Trinajstić information content (AvgIpc) is 3.26. The van der Waals surface area contributed by atoms with Crippen LogP contribution >= 0.6 is 0 Å². The van der Waals surface area contributed by atoms with Crippen LogP contribution in [0.2, 0.25) is 0 Å². The maximum atomic E-state index is 12.8. The lowest BCUT2D eigenvalue weighted by Gasteiger charge is -2.27. The summed E-state index contributed by atoms with van der Waals surface area (Å²) in [7, 11) is 1.29. The predicted molar refractivity (Wildman–Crippen MR) is 133 cm³/mol. The molecule has 1 fully saturated rings. The van der Waals surface area contributed by atoms with Crippen molar-refractivity contribution in [1.29, 1.82) is 0 Å². The van der Waals surface area contributed by atoms with Crippen molar-refractivity contribution in [2.75, 3.05) is 13.7 Å². The quantitative estimate of drug-likeness (QED) is 0.486. The molecule has 3 aromatic rings. The Morgan fingerprint density at radius 3 is 2.46 bits per heavy atom. The second-order valence-corrected chi connectivity index (χ2v) is 9.34. The number of carbonyl (C=O) groups is 2. The second kappa shape index (κ2) is 9.74. The molecule has 0 saturated carbocycles. The number of carbonyl (C=O) groups excluding carboxylic acids is 2. The largest absolute Gasteiger partial charge is 0.471 e. The number of esters is 1. The van der Waals surface area contributed by atoms with Crippen LogP contribution in [-0.4, -0.2) is 58.3 Å². The van der Waals surface area contributed by atoms with Crippen LogP contribution in [0.4, 0.5) is 4.79 Å². The van der Waals surface area contributed by atoms with Crippen LogP contribution < -0.4 is 4.74 Å². The van der Waals surface area contributed by atoms with E-state index in [9.17, 15) is 9.59 Å². The first-order valence-electron chi connectivity index (χ1n) is 11.4. The number of benzene rings is 2. The fourth-order valence-electron chi connectivity index (χ4n) is 3.99. The van der Waals surface area contributed by atoms with E-state index in [-0.39, 0.29) is 13.0 Å². The first-order chi connectivity index (χ1) is 16.7. The van der Waals surface area contributed by atoms with Gasteiger partial charge in [0.05, 0.1) is 24.7 Å². The van der Waals surface area contributed by atoms with E-state index in [0.717, 1.165) is 16.6 Å². The summed E-state index contributed by atoms with van der Waals surface area (Å²) in [4.78, 5) is 36.2. The van der Waals surface area contributed by atoms with Crippen molar-refractivity contribution in [3.8, 4) is 17.1 Å². The van der Waals surface area contributed by atoms with Crippen LogP contribution in [-0.2, 0) is 14.3 Å². The van der Waals surface area contributed by atoms with Crippen LogP contribution in [0.5, 0.6) is 5.88 Å². The molecule has 1 amide bonds. The maximum absolute atomic E-state index is 12.8. The summed E-state index contributed by atoms with van der Waals surface area (Å²) in [5.74, 6) is -0.199. The molecular weight excluding hydrogens is 446 g/mol. The maximum Gasteiger partial charge on any atom is 0.411 e. The Kier molecular flexibility index (Phi) is 6.73. The molecule has 0 aliphatic carbocycles. The van der Waals surface area contributed by atoms with E-state index < -0.39 is 29.8 Å². The number of fused-ring (bicyclic) bond motifs is 1. The first kappa shape index (κ1) is 24.2. The molecule has 1 aromatic heterocycles. The molecule has 2 aromatic carbocycles. The summed E-state index contributed by atoms with van der Waals surface area (Å²) < 4.78 is 16.8. The molecule has 2 heterocycles. The fraction of sp³-hybridized carbons (Fsp3) is 0.333. The lowest BCUT2D eigenvalue weighted by molar-refractivity contribution is -0.145. The summed E-state index contributed by atoms with van der Waals surface area (Å²) in [6.45, 7) is 9.31. The molecule has 0 unspecified atom stereocenters. The van der Waals surface area contributed by atoms with Crippen LogP contribution in [0.25, 0.3) is 28.4 Å². The van der Waals surface area contributed by atoms with Gasteiger partial charge in [-0.25, -0.2) is 19.6 Å². The summed E-state index contributed by atoms with van der Waals surface area (Å²) in [6, 6.07) is 14.5. The third-order valence-electron chi connectivity index (χ3n) is 5.58. The summed E-state index contributed by atoms with van der Waals surface area (Å²) in [6.07, 6.45) is 0.896. The summed E-state index contributed by atoms with van der Waals surface area (Å²) >= 11 is 0. The van der Waals surface area contributed by atoms with Gasteiger partial charge in [0.1, 0.15) is 23.4 Å². The van der Waals surface area contributed by atoms with Crippen LogP contribution in [0.1, 0.15) is 32.8 Å². The Hall–Kier alpha value is -3.94. The number of amides is 1. The second-order valence-electron chi connectivity index (χ2n) is 9.34. The van der Waals surface area contributed by atoms with E-state index in [1.165, 1.54) is 12.0 Å². The van der Waals surface area contributed by atoms with E-state index in [4.69, 9.17) is 24.2 Å². The molecule has 8 nitrogen and oxygen atoms in total. The monoisotopic (exact) mass is 475 g/mol. The van der Waals surface area contributed by atoms with Gasteiger partial charge in [-0.05, 0) is 44.5 Å². The number of likely N-dealkylation sites (tertiary alicyclic amines) is 1. The molecule has 35 heavy (non-hydrogen) atoms. The third-order valence-corrected chi connectivity index (χ3v) is 5.58. The lowest BCUT2D eigenvalue weighted by Crippen LogP contribution is -2.44. The van der Waals surface area contributed by atoms with Crippen molar-refractivity contribution in [3.05, 3.63) is 60.7 Å². The van der Waals surface area contributed by atoms with E-state index in [2.05, 4.69) is 6.58 Å². The lowest BCUT2D eigenvalue weighted by atomic mass is 10.1. The molecule has 8 heteroatoms. The molecule has 0 N–H and O–H groups in total. The van der Waals surface area contributed by atoms with E-state index in [1.807, 2.05) is 48.5 Å². The molecule has 0 spiro atoms. The molecule has 4 rings (SSSR count). The summed E-state index contributed by atoms with van der Waals surface area (Å²) in [5.41, 5.74) is 3.03. The van der Waals surface area contributed by atoms with Gasteiger partial charge in [-0.3, -0.25) is 4.90 Å². The number of ether oxygens (including phenoxy) is 3. The minimum atomic E-state index is -0.819. The highest BCUT2D eigenvalue weighted by atomic mass is 16.6. The van der Waals surface area contributed by atoms with E-state index in [0.29, 0.717) is 17.1 Å². The highest BCUT2D eigenvalue weighted by Gasteiger charge is 2.43. The number of para-hydroxylation sites is 2. The van der Waals surface area contributed by atoms with Crippen molar-refractivity contribution in [3.63, 3.8) is 0 Å². The SMILES string of the molecule is C=Cc1cccc(-c2nc3ccccc3nc2O[C@@H]2C[C@@H](C(=O)OC)N(C(=O)OC(C)(C)C)C2)c1. The van der Waals surface area contributed by atoms with Gasteiger partial charge < -0.3 is 14.2 Å². The molecule has 1 saturated heterocycles. The fourth-order valence-corrected chi connectivity index (χ4v) is 3.99. The Bertz CT molecular complexity index is 1270. The Morgan fingerprint density at radius 2 is 1.80 bits per heavy atom. The zero-order chi connectivity index (χ0) is 25.2. The average molecular weight is 476 g/mol. The van der Waals surface area contributed by atoms with Crippen molar-refractivity contribution in [2.45, 2.75) is 44.9 Å². The van der Waals surface area contributed by atoms with Gasteiger partial charge >= 0.3 is 12.1 Å². The molecule has 0 radical (unpaired) electrons. The van der Waals surface area contributed by atoms with E-state index in [1.54, 1.807) is 26.8 Å². The molecule has 0 bridgehead atoms. The van der Waals surface area contributed by atoms with Crippen molar-refractivity contribution in [2.24, 2.45) is 0 Å². The van der Waals surface area contributed by atoms with Gasteiger partial charge in [-0.15, -0.1) is 0 Å². The topological polar surface area (TPSA) is 90.9 Å². The smallest absolute Gasteiger partial charge is 0.411 e. The van der Waals surface area contributed by atoms with Gasteiger partial charge in [0.2, 0.25) is 5.88 Å². The first-order valence-corrected chi connectivity index (χ1v) is 11.4. The number of hydrogen-bond donors (Lipinski definition) is 0. The number of nitrogens with zero attached hydrogens (tertiary/aromatic N) is 3. The van der Waals surface area contributed by atoms with Gasteiger partial charge in [0.15, 0.2) is 0 Å². The van der Waals surface area contributed by atoms with Crippen LogP contribution in [0, 0.1) is 0 Å². The van der Waals surface area contributed by atoms with Crippen LogP contribution in [0.15, 0.2) is 55.1 Å². The normalized spacial score (nSPS) is 17.8. The Balaban J connectivity index is 1.69. The zero-order valence-electron chi connectivity index (χ0n) is 20.4. The third kappa shape index (κ3) is 5.42. The van der Waals surface area contributed by atoms with Gasteiger partial charge in [0, 0.05) is 12.0 Å². The summed E-state index contributed by atoms with van der Waals surface area (Å²) in [5, 5.41) is 0. The highest BCUT2D eigenvalue weighted by Crippen LogP contribution is 2.33. The van der Waals surface area contributed by atoms with Crippen molar-refractivity contribution < 1.29 is 23.8 Å². The minimum Gasteiger partial charge on any atom is -0.471 e. The van der Waals surface area contributed by atoms with Gasteiger partial charge in [0.25, 0.3) is 0 Å². The molecular formula is C27H29N3O5. The minimum absolute atomic E-state index is 0.148. The number of rotatable bonds is 5. The Labute approximate surface area is 204 Å². The van der Waals surface area contributed by atoms with Gasteiger partial charge in [-0.2, -0.15) is 0 Å². The molecule has 1 aliphatic heterocycles. The molecule has 2 atom stereocenters. The predicted octanol–water partition coefficient (Wildman–Crippen LogP) is 4.87. The molecule has 1 aliphatic rings.